The Morgan fingerprint density at radius 2 is 1.74 bits per heavy atom. The summed E-state index contributed by atoms with van der Waals surface area (Å²) in [7, 11) is 0. The van der Waals surface area contributed by atoms with Gasteiger partial charge in [-0.3, -0.25) is 14.4 Å². The molecule has 1 aromatic carbocycles. The van der Waals surface area contributed by atoms with Crippen LogP contribution in [0.25, 0.3) is 0 Å². The summed E-state index contributed by atoms with van der Waals surface area (Å²) >= 11 is 0. The van der Waals surface area contributed by atoms with Gasteiger partial charge in [0, 0.05) is 31.9 Å². The van der Waals surface area contributed by atoms with E-state index in [0.29, 0.717) is 30.0 Å². The van der Waals surface area contributed by atoms with Gasteiger partial charge in [-0.15, -0.1) is 0 Å². The number of carbonyl (C=O) groups is 2. The summed E-state index contributed by atoms with van der Waals surface area (Å²) in [5.74, 6) is 0.519. The van der Waals surface area contributed by atoms with E-state index in [1.807, 2.05) is 41.0 Å². The number of amides is 2. The van der Waals surface area contributed by atoms with E-state index in [2.05, 4.69) is 4.98 Å². The first-order valence-corrected chi connectivity index (χ1v) is 12.6. The second-order valence-electron chi connectivity index (χ2n) is 9.24. The maximum absolute atomic E-state index is 13.6. The predicted molar refractivity (Wildman–Crippen MR) is 131 cm³/mol. The zero-order valence-corrected chi connectivity index (χ0v) is 20.0. The Labute approximate surface area is 201 Å². The Bertz CT molecular complexity index is 1030. The molecular weight excluding hydrogens is 430 g/mol. The first-order valence-electron chi connectivity index (χ1n) is 12.6. The second-order valence-corrected chi connectivity index (χ2v) is 9.24. The normalized spacial score (nSPS) is 22.2. The van der Waals surface area contributed by atoms with E-state index in [4.69, 9.17) is 4.74 Å². The number of benzene rings is 1. The standard InChI is InChI=1S/C27H35N3O4/c1-2-29-17-9-3-4-10-18-30(26(32)20-15-16-25(31)28-19-20)22-12-6-8-14-24(22)34-23-13-7-5-11-21(23)27(29)33/h5,7,11,13,15-16,19,22,24H,2-4,6,8-10,12,14,17-18H2,1H3,(H,28,31)/t22-,24+/m1/s1. The van der Waals surface area contributed by atoms with Gasteiger partial charge < -0.3 is 19.5 Å². The second kappa shape index (κ2) is 11.4. The minimum Gasteiger partial charge on any atom is -0.487 e. The van der Waals surface area contributed by atoms with Crippen molar-refractivity contribution in [3.8, 4) is 5.75 Å². The molecule has 0 unspecified atom stereocenters. The Kier molecular flexibility index (Phi) is 8.03. The number of ether oxygens (including phenoxy) is 1. The Hall–Kier alpha value is -3.09. The van der Waals surface area contributed by atoms with Crippen molar-refractivity contribution in [2.45, 2.75) is 70.4 Å². The maximum Gasteiger partial charge on any atom is 0.257 e. The highest BCUT2D eigenvalue weighted by atomic mass is 16.5. The van der Waals surface area contributed by atoms with Crippen LogP contribution in [-0.2, 0) is 0 Å². The van der Waals surface area contributed by atoms with Crippen molar-refractivity contribution in [2.24, 2.45) is 0 Å². The molecule has 0 bridgehead atoms. The zero-order chi connectivity index (χ0) is 23.9. The lowest BCUT2D eigenvalue weighted by atomic mass is 9.90. The van der Waals surface area contributed by atoms with Crippen LogP contribution in [0.15, 0.2) is 47.4 Å². The fourth-order valence-electron chi connectivity index (χ4n) is 5.12. The molecule has 0 spiro atoms. The Balaban J connectivity index is 1.68. The molecule has 2 heterocycles. The van der Waals surface area contributed by atoms with Crippen molar-refractivity contribution in [3.05, 3.63) is 64.1 Å². The van der Waals surface area contributed by atoms with E-state index < -0.39 is 0 Å². The van der Waals surface area contributed by atoms with E-state index in [0.717, 1.165) is 57.9 Å². The van der Waals surface area contributed by atoms with Crippen molar-refractivity contribution in [2.75, 3.05) is 19.6 Å². The molecule has 7 heteroatoms. The van der Waals surface area contributed by atoms with Crippen LogP contribution >= 0.6 is 0 Å². The van der Waals surface area contributed by atoms with Crippen molar-refractivity contribution < 1.29 is 14.3 Å². The van der Waals surface area contributed by atoms with Gasteiger partial charge in [0.2, 0.25) is 5.56 Å². The molecule has 1 fully saturated rings. The summed E-state index contributed by atoms with van der Waals surface area (Å²) in [6, 6.07) is 10.4. The number of rotatable bonds is 2. The molecule has 0 radical (unpaired) electrons. The van der Waals surface area contributed by atoms with E-state index >= 15 is 0 Å². The van der Waals surface area contributed by atoms with E-state index in [9.17, 15) is 14.4 Å². The molecule has 0 saturated heterocycles. The largest absolute Gasteiger partial charge is 0.487 e. The summed E-state index contributed by atoms with van der Waals surface area (Å²) in [5, 5.41) is 0. The van der Waals surface area contributed by atoms with Gasteiger partial charge in [-0.25, -0.2) is 0 Å². The summed E-state index contributed by atoms with van der Waals surface area (Å²) < 4.78 is 6.54. The average molecular weight is 466 g/mol. The highest BCUT2D eigenvalue weighted by Crippen LogP contribution is 2.31. The molecule has 2 aromatic rings. The number of nitrogens with zero attached hydrogens (tertiary/aromatic N) is 2. The molecular formula is C27H35N3O4. The smallest absolute Gasteiger partial charge is 0.257 e. The van der Waals surface area contributed by atoms with Gasteiger partial charge in [-0.05, 0) is 57.2 Å². The summed E-state index contributed by atoms with van der Waals surface area (Å²) in [4.78, 5) is 44.9. The number of para-hydroxylation sites is 1. The van der Waals surface area contributed by atoms with Crippen LogP contribution in [0.2, 0.25) is 0 Å². The van der Waals surface area contributed by atoms with Crippen molar-refractivity contribution >= 4 is 11.8 Å². The lowest BCUT2D eigenvalue weighted by molar-refractivity contribution is 0.0266. The summed E-state index contributed by atoms with van der Waals surface area (Å²) in [6.45, 7) is 4.05. The van der Waals surface area contributed by atoms with Gasteiger partial charge in [0.1, 0.15) is 11.9 Å². The number of carbonyl (C=O) groups excluding carboxylic acids is 2. The molecule has 7 nitrogen and oxygen atoms in total. The molecule has 1 aliphatic carbocycles. The topological polar surface area (TPSA) is 82.7 Å². The van der Waals surface area contributed by atoms with E-state index in [-0.39, 0.29) is 29.5 Å². The van der Waals surface area contributed by atoms with Crippen molar-refractivity contribution in [1.82, 2.24) is 14.8 Å². The maximum atomic E-state index is 13.6. The predicted octanol–water partition coefficient (Wildman–Crippen LogP) is 4.24. The molecule has 2 aliphatic rings. The molecule has 1 aromatic heterocycles. The van der Waals surface area contributed by atoms with Crippen LogP contribution in [0.1, 0.15) is 79.0 Å². The number of H-pyrrole nitrogens is 1. The summed E-state index contributed by atoms with van der Waals surface area (Å²) in [5.41, 5.74) is 0.849. The van der Waals surface area contributed by atoms with Gasteiger partial charge in [-0.1, -0.05) is 31.4 Å². The van der Waals surface area contributed by atoms with Crippen LogP contribution in [0.3, 0.4) is 0 Å². The Morgan fingerprint density at radius 1 is 0.971 bits per heavy atom. The molecule has 1 aliphatic heterocycles. The number of aromatic amines is 1. The third kappa shape index (κ3) is 5.51. The van der Waals surface area contributed by atoms with Gasteiger partial charge in [0.05, 0.1) is 17.2 Å². The fourth-order valence-corrected chi connectivity index (χ4v) is 5.12. The van der Waals surface area contributed by atoms with Crippen molar-refractivity contribution in [3.63, 3.8) is 0 Å². The molecule has 1 N–H and O–H groups in total. The number of hydrogen-bond donors (Lipinski definition) is 1. The highest BCUT2D eigenvalue weighted by molar-refractivity contribution is 5.97. The Morgan fingerprint density at radius 3 is 2.50 bits per heavy atom. The quantitative estimate of drug-likeness (QED) is 0.719. The summed E-state index contributed by atoms with van der Waals surface area (Å²) in [6.07, 6.45) is 8.90. The van der Waals surface area contributed by atoms with E-state index in [1.54, 1.807) is 6.07 Å². The number of aromatic nitrogens is 1. The number of pyridine rings is 1. The van der Waals surface area contributed by atoms with Gasteiger partial charge in [0.15, 0.2) is 0 Å². The third-order valence-corrected chi connectivity index (χ3v) is 7.00. The SMILES string of the molecule is CCN1CCCCCCN(C(=O)c2ccc(=O)[nH]c2)[C@@H]2CCCC[C@@H]2Oc2ccccc2C1=O. The minimum absolute atomic E-state index is 0.00342. The van der Waals surface area contributed by atoms with Crippen LogP contribution in [0, 0.1) is 0 Å². The minimum atomic E-state index is -0.223. The van der Waals surface area contributed by atoms with Crippen LogP contribution < -0.4 is 10.3 Å². The molecule has 2 atom stereocenters. The highest BCUT2D eigenvalue weighted by Gasteiger charge is 2.35. The number of nitrogens with one attached hydrogen (secondary N) is 1. The number of hydrogen-bond acceptors (Lipinski definition) is 4. The first-order chi connectivity index (χ1) is 16.6. The lowest BCUT2D eigenvalue weighted by Crippen LogP contribution is -2.51. The van der Waals surface area contributed by atoms with Gasteiger partial charge >= 0.3 is 0 Å². The monoisotopic (exact) mass is 465 g/mol. The van der Waals surface area contributed by atoms with Crippen LogP contribution in [0.4, 0.5) is 0 Å². The zero-order valence-electron chi connectivity index (χ0n) is 20.0. The first kappa shape index (κ1) is 24.0. The fraction of sp³-hybridized carbons (Fsp3) is 0.519. The van der Waals surface area contributed by atoms with Gasteiger partial charge in [-0.2, -0.15) is 0 Å². The molecule has 2 amide bonds. The average Bonchev–Trinajstić information content (AvgIpc) is 2.86. The molecule has 182 valence electrons. The van der Waals surface area contributed by atoms with Crippen molar-refractivity contribution in [1.29, 1.82) is 0 Å². The van der Waals surface area contributed by atoms with E-state index in [1.165, 1.54) is 12.3 Å². The van der Waals surface area contributed by atoms with Crippen LogP contribution in [0.5, 0.6) is 5.75 Å². The third-order valence-electron chi connectivity index (χ3n) is 7.00. The molecule has 34 heavy (non-hydrogen) atoms. The number of fused-ring (bicyclic) bond motifs is 2. The van der Waals surface area contributed by atoms with Crippen LogP contribution in [-0.4, -0.2) is 58.4 Å². The van der Waals surface area contributed by atoms with Gasteiger partial charge in [0.25, 0.3) is 11.8 Å². The molecule has 4 rings (SSSR count). The lowest BCUT2D eigenvalue weighted by Gasteiger charge is -2.40. The molecule has 1 saturated carbocycles.